The molecule has 190 valence electrons. The smallest absolute Gasteiger partial charge is 0.417 e. The van der Waals surface area contributed by atoms with Crippen LogP contribution in [0.15, 0.2) is 35.5 Å². The highest BCUT2D eigenvalue weighted by Crippen LogP contribution is 2.55. The van der Waals surface area contributed by atoms with E-state index in [1.165, 1.54) is 13.8 Å². The van der Waals surface area contributed by atoms with Crippen LogP contribution in [0.4, 0.5) is 22.0 Å². The van der Waals surface area contributed by atoms with Crippen molar-refractivity contribution in [3.63, 3.8) is 0 Å². The minimum atomic E-state index is -4.93. The van der Waals surface area contributed by atoms with Crippen LogP contribution in [0, 0.1) is 17.6 Å². The molecule has 1 aliphatic rings. The number of primary amides is 1. The number of nitrogens with two attached hydrogens (primary N) is 1. The van der Waals surface area contributed by atoms with Gasteiger partial charge >= 0.3 is 6.18 Å². The van der Waals surface area contributed by atoms with Crippen LogP contribution in [0.1, 0.15) is 42.7 Å². The number of amides is 2. The summed E-state index contributed by atoms with van der Waals surface area (Å²) in [7, 11) is 0. The summed E-state index contributed by atoms with van der Waals surface area (Å²) in [6.45, 7) is 3.26. The Morgan fingerprint density at radius 3 is 2.51 bits per heavy atom. The fourth-order valence-electron chi connectivity index (χ4n) is 4.04. The van der Waals surface area contributed by atoms with Crippen molar-refractivity contribution in [2.75, 3.05) is 6.61 Å². The Morgan fingerprint density at radius 2 is 1.94 bits per heavy atom. The molecule has 4 atom stereocenters. The minimum absolute atomic E-state index is 0.129. The third kappa shape index (κ3) is 4.59. The van der Waals surface area contributed by atoms with Gasteiger partial charge in [0.15, 0.2) is 17.2 Å². The predicted molar refractivity (Wildman–Crippen MR) is 109 cm³/mol. The van der Waals surface area contributed by atoms with E-state index in [4.69, 9.17) is 15.2 Å². The van der Waals surface area contributed by atoms with E-state index >= 15 is 0 Å². The summed E-state index contributed by atoms with van der Waals surface area (Å²) >= 11 is 0. The highest BCUT2D eigenvalue weighted by Gasteiger charge is 2.65. The number of nitrogens with zero attached hydrogens (tertiary/aromatic N) is 2. The van der Waals surface area contributed by atoms with E-state index < -0.39 is 64.6 Å². The largest absolute Gasteiger partial charge is 0.490 e. The van der Waals surface area contributed by atoms with Crippen molar-refractivity contribution in [1.29, 1.82) is 0 Å². The molecule has 0 saturated carbocycles. The molecule has 0 spiro atoms. The second kappa shape index (κ2) is 9.29. The van der Waals surface area contributed by atoms with Crippen molar-refractivity contribution in [2.24, 2.45) is 16.6 Å². The Hall–Kier alpha value is -3.48. The molecule has 3 N–H and O–H groups in total. The minimum Gasteiger partial charge on any atom is -0.490 e. The summed E-state index contributed by atoms with van der Waals surface area (Å²) in [6.07, 6.45) is -5.86. The normalized spacial score (nSPS) is 25.0. The molecule has 0 unspecified atom stereocenters. The van der Waals surface area contributed by atoms with Gasteiger partial charge in [0, 0.05) is 23.6 Å². The molecular weight excluding hydrogens is 481 g/mol. The van der Waals surface area contributed by atoms with Crippen LogP contribution >= 0.6 is 0 Å². The van der Waals surface area contributed by atoms with Gasteiger partial charge in [-0.3, -0.25) is 9.59 Å². The molecule has 1 aliphatic heterocycles. The molecule has 2 heterocycles. The number of benzene rings is 1. The van der Waals surface area contributed by atoms with Gasteiger partial charge in [0.05, 0.1) is 12.0 Å². The zero-order valence-corrected chi connectivity index (χ0v) is 18.8. The summed E-state index contributed by atoms with van der Waals surface area (Å²) in [6, 6.07) is 3.81. The summed E-state index contributed by atoms with van der Waals surface area (Å²) in [5, 5.41) is 9.42. The number of ether oxygens (including phenoxy) is 2. The standard InChI is InChI=1S/C22H22F5N3O5/c1-4-34-17-12(5-6-13(23)16(17)24)15-10(2)21(3,22(25,26)27)35-18(15)20(32)29-11-7-8-30(33)14(9-11)19(28)31/h5-10,15,18,33H,4H2,1-3H3,(H2,28,31)/t10-,15-,18-,21-/m1/s1. The lowest BCUT2D eigenvalue weighted by Gasteiger charge is -2.32. The van der Waals surface area contributed by atoms with E-state index in [-0.39, 0.29) is 17.5 Å². The van der Waals surface area contributed by atoms with Gasteiger partial charge in [0.25, 0.3) is 11.8 Å². The van der Waals surface area contributed by atoms with E-state index in [0.29, 0.717) is 4.73 Å². The van der Waals surface area contributed by atoms with Gasteiger partial charge in [-0.2, -0.15) is 22.3 Å². The van der Waals surface area contributed by atoms with Gasteiger partial charge in [-0.25, -0.2) is 9.38 Å². The highest BCUT2D eigenvalue weighted by molar-refractivity contribution is 5.91. The lowest BCUT2D eigenvalue weighted by Crippen LogP contribution is -2.47. The molecule has 8 nitrogen and oxygen atoms in total. The van der Waals surface area contributed by atoms with Gasteiger partial charge < -0.3 is 20.4 Å². The molecule has 0 radical (unpaired) electrons. The number of aromatic nitrogens is 1. The molecule has 13 heteroatoms. The second-order valence-corrected chi connectivity index (χ2v) is 8.10. The van der Waals surface area contributed by atoms with Gasteiger partial charge in [-0.05, 0) is 32.0 Å². The number of rotatable bonds is 5. The Labute approximate surface area is 195 Å². The number of pyridine rings is 1. The summed E-state index contributed by atoms with van der Waals surface area (Å²) < 4.78 is 81.3. The number of carbonyl (C=O) groups is 2. The first-order valence-corrected chi connectivity index (χ1v) is 10.4. The summed E-state index contributed by atoms with van der Waals surface area (Å²) in [5.74, 6) is -8.46. The Balaban J connectivity index is 2.19. The molecule has 2 aromatic rings. The van der Waals surface area contributed by atoms with E-state index in [2.05, 4.69) is 4.99 Å². The number of halogens is 5. The maximum absolute atomic E-state index is 14.5. The van der Waals surface area contributed by atoms with Crippen LogP contribution in [0.2, 0.25) is 0 Å². The van der Waals surface area contributed by atoms with Gasteiger partial charge in [0.2, 0.25) is 5.82 Å². The monoisotopic (exact) mass is 503 g/mol. The van der Waals surface area contributed by atoms with Crippen LogP contribution in [0.5, 0.6) is 5.75 Å². The van der Waals surface area contributed by atoms with Crippen LogP contribution in [-0.4, -0.2) is 46.2 Å². The molecule has 2 amide bonds. The number of hydrogen-bond acceptors (Lipinski definition) is 5. The van der Waals surface area contributed by atoms with E-state index in [1.54, 1.807) is 0 Å². The van der Waals surface area contributed by atoms with Crippen molar-refractivity contribution < 1.29 is 46.2 Å². The first-order chi connectivity index (χ1) is 16.2. The average Bonchev–Trinajstić information content (AvgIpc) is 3.05. The first kappa shape index (κ1) is 26.1. The Morgan fingerprint density at radius 1 is 1.29 bits per heavy atom. The molecule has 35 heavy (non-hydrogen) atoms. The maximum atomic E-state index is 14.5. The van der Waals surface area contributed by atoms with E-state index in [9.17, 15) is 36.7 Å². The number of hydrogen-bond donors (Lipinski definition) is 2. The molecule has 0 bridgehead atoms. The average molecular weight is 503 g/mol. The third-order valence-electron chi connectivity index (χ3n) is 6.05. The van der Waals surface area contributed by atoms with Crippen LogP contribution in [0.25, 0.3) is 0 Å². The van der Waals surface area contributed by atoms with Gasteiger partial charge in [0.1, 0.15) is 11.8 Å². The summed E-state index contributed by atoms with van der Waals surface area (Å²) in [4.78, 5) is 28.3. The quantitative estimate of drug-likeness (QED) is 0.481. The number of alkyl halides is 3. The molecule has 1 aromatic heterocycles. The fourth-order valence-corrected chi connectivity index (χ4v) is 4.04. The molecule has 1 aromatic carbocycles. The highest BCUT2D eigenvalue weighted by atomic mass is 19.4. The SMILES string of the molecule is CCOc1c([C@H]2[C@@H](C)[C@](C)(C(F)(F)F)O[C@H]2C(=O)N=c2ccn(O)c(C(N)=O)c2)ccc(F)c1F. The number of carbonyl (C=O) groups excluding carboxylic acids is 2. The lowest BCUT2D eigenvalue weighted by atomic mass is 9.77. The Bertz CT molecular complexity index is 1230. The molecule has 3 rings (SSSR count). The van der Waals surface area contributed by atoms with Crippen molar-refractivity contribution >= 4 is 11.8 Å². The lowest BCUT2D eigenvalue weighted by molar-refractivity contribution is -0.272. The van der Waals surface area contributed by atoms with Gasteiger partial charge in [-0.1, -0.05) is 13.0 Å². The molecule has 1 saturated heterocycles. The maximum Gasteiger partial charge on any atom is 0.417 e. The zero-order chi connectivity index (χ0) is 26.3. The second-order valence-electron chi connectivity index (χ2n) is 8.10. The van der Waals surface area contributed by atoms with Crippen molar-refractivity contribution in [3.8, 4) is 5.75 Å². The molecular formula is C22H22F5N3O5. The van der Waals surface area contributed by atoms with Crippen LogP contribution in [0.3, 0.4) is 0 Å². The van der Waals surface area contributed by atoms with Crippen LogP contribution in [-0.2, 0) is 9.53 Å². The zero-order valence-electron chi connectivity index (χ0n) is 18.8. The third-order valence-corrected chi connectivity index (χ3v) is 6.05. The van der Waals surface area contributed by atoms with Crippen molar-refractivity contribution in [1.82, 2.24) is 4.73 Å². The predicted octanol–water partition coefficient (Wildman–Crippen LogP) is 3.07. The molecule has 1 fully saturated rings. The first-order valence-electron chi connectivity index (χ1n) is 10.4. The van der Waals surface area contributed by atoms with E-state index in [0.717, 1.165) is 37.4 Å². The van der Waals surface area contributed by atoms with Crippen molar-refractivity contribution in [2.45, 2.75) is 44.6 Å². The van der Waals surface area contributed by atoms with E-state index in [1.807, 2.05) is 0 Å². The topological polar surface area (TPSA) is 116 Å². The fraction of sp³-hybridized carbons (Fsp3) is 0.409. The van der Waals surface area contributed by atoms with Crippen molar-refractivity contribution in [3.05, 3.63) is 58.7 Å². The van der Waals surface area contributed by atoms with Gasteiger partial charge in [-0.15, -0.1) is 0 Å². The molecule has 0 aliphatic carbocycles. The van der Waals surface area contributed by atoms with Crippen LogP contribution < -0.4 is 15.8 Å². The Kier molecular flexibility index (Phi) is 6.93. The summed E-state index contributed by atoms with van der Waals surface area (Å²) in [5.41, 5.74) is 1.65.